The van der Waals surface area contributed by atoms with Gasteiger partial charge in [-0.15, -0.1) is 35.3 Å². The van der Waals surface area contributed by atoms with E-state index in [4.69, 9.17) is 0 Å². The number of hydrogen-bond donors (Lipinski definition) is 2. The van der Waals surface area contributed by atoms with Crippen LogP contribution in [0.4, 0.5) is 0 Å². The fraction of sp³-hybridized carbons (Fsp3) is 0.524. The van der Waals surface area contributed by atoms with Crippen LogP contribution in [0, 0.1) is 5.92 Å². The molecule has 1 aliphatic heterocycles. The third-order valence-electron chi connectivity index (χ3n) is 5.07. The number of likely N-dealkylation sites (tertiary alicyclic amines) is 1. The Balaban J connectivity index is 0.00000280. The van der Waals surface area contributed by atoms with Crippen molar-refractivity contribution in [1.82, 2.24) is 20.5 Å². The second-order valence-electron chi connectivity index (χ2n) is 7.07. The summed E-state index contributed by atoms with van der Waals surface area (Å²) in [6, 6.07) is 10.8. The monoisotopic (exact) mass is 513 g/mol. The van der Waals surface area contributed by atoms with Gasteiger partial charge < -0.3 is 15.5 Å². The van der Waals surface area contributed by atoms with Crippen LogP contribution in [0.15, 0.2) is 41.5 Å². The highest BCUT2D eigenvalue weighted by molar-refractivity contribution is 14.0. The van der Waals surface area contributed by atoms with Crippen LogP contribution in [-0.2, 0) is 19.4 Å². The smallest absolute Gasteiger partial charge is 0.191 e. The van der Waals surface area contributed by atoms with E-state index in [0.717, 1.165) is 43.4 Å². The topological polar surface area (TPSA) is 52.6 Å². The van der Waals surface area contributed by atoms with Gasteiger partial charge in [0.05, 0.1) is 6.54 Å². The number of aliphatic imine (C=N–C) groups is 1. The molecule has 0 aliphatic carbocycles. The second-order valence-corrected chi connectivity index (χ2v) is 8.27. The molecule has 2 aromatic rings. The lowest BCUT2D eigenvalue weighted by Crippen LogP contribution is -2.40. The lowest BCUT2D eigenvalue weighted by Gasteiger charge is -2.17. The van der Waals surface area contributed by atoms with Crippen LogP contribution in [-0.4, -0.2) is 49.1 Å². The Kier molecular flexibility index (Phi) is 10.2. The normalized spacial score (nSPS) is 17.4. The number of rotatable bonds is 8. The summed E-state index contributed by atoms with van der Waals surface area (Å²) in [4.78, 5) is 12.7. The predicted octanol–water partition coefficient (Wildman–Crippen LogP) is 3.55. The molecule has 1 aliphatic rings. The van der Waals surface area contributed by atoms with Gasteiger partial charge in [-0.1, -0.05) is 37.3 Å². The Labute approximate surface area is 190 Å². The highest BCUT2D eigenvalue weighted by Crippen LogP contribution is 2.16. The van der Waals surface area contributed by atoms with Crippen LogP contribution in [0.25, 0.3) is 0 Å². The molecule has 154 valence electrons. The Bertz CT molecular complexity index is 719. The van der Waals surface area contributed by atoms with E-state index < -0.39 is 0 Å². The van der Waals surface area contributed by atoms with Gasteiger partial charge in [-0.25, -0.2) is 4.98 Å². The minimum atomic E-state index is 0. The minimum Gasteiger partial charge on any atom is -0.356 e. The van der Waals surface area contributed by atoms with E-state index in [2.05, 4.69) is 62.8 Å². The average Bonchev–Trinajstić information content (AvgIpc) is 3.36. The summed E-state index contributed by atoms with van der Waals surface area (Å²) < 4.78 is 0. The summed E-state index contributed by atoms with van der Waals surface area (Å²) in [7, 11) is 1.83. The van der Waals surface area contributed by atoms with Crippen LogP contribution in [0.1, 0.15) is 28.8 Å². The summed E-state index contributed by atoms with van der Waals surface area (Å²) in [5.41, 5.74) is 1.43. The minimum absolute atomic E-state index is 0. The number of benzene rings is 1. The summed E-state index contributed by atoms with van der Waals surface area (Å²) in [6.07, 6.45) is 5.41. The van der Waals surface area contributed by atoms with E-state index in [0.29, 0.717) is 5.92 Å². The van der Waals surface area contributed by atoms with Crippen molar-refractivity contribution in [3.05, 3.63) is 52.0 Å². The van der Waals surface area contributed by atoms with Crippen LogP contribution in [0.2, 0.25) is 0 Å². The molecule has 5 nitrogen and oxygen atoms in total. The van der Waals surface area contributed by atoms with E-state index >= 15 is 0 Å². The zero-order valence-corrected chi connectivity index (χ0v) is 20.0. The molecule has 0 spiro atoms. The zero-order chi connectivity index (χ0) is 18.9. The molecule has 1 aromatic heterocycles. The molecule has 1 aromatic carbocycles. The summed E-state index contributed by atoms with van der Waals surface area (Å²) in [5.74, 6) is 1.55. The maximum Gasteiger partial charge on any atom is 0.191 e. The lowest BCUT2D eigenvalue weighted by atomic mass is 10.1. The Morgan fingerprint density at radius 1 is 1.29 bits per heavy atom. The molecule has 1 atom stereocenters. The third-order valence-corrected chi connectivity index (χ3v) is 6.21. The summed E-state index contributed by atoms with van der Waals surface area (Å²) in [5, 5.41) is 7.98. The molecule has 3 rings (SSSR count). The van der Waals surface area contributed by atoms with Crippen molar-refractivity contribution in [3.63, 3.8) is 0 Å². The van der Waals surface area contributed by atoms with E-state index in [1.54, 1.807) is 11.3 Å². The number of aryl methyl sites for hydroxylation is 1. The van der Waals surface area contributed by atoms with E-state index in [9.17, 15) is 0 Å². The van der Waals surface area contributed by atoms with Crippen molar-refractivity contribution in [2.24, 2.45) is 10.9 Å². The number of hydrogen-bond acceptors (Lipinski definition) is 4. The van der Waals surface area contributed by atoms with Crippen LogP contribution < -0.4 is 10.6 Å². The van der Waals surface area contributed by atoms with Crippen molar-refractivity contribution in [3.8, 4) is 0 Å². The SMILES string of the molecule is CCc1cnc(CNC(=NC)NCC2CCN(CCc3ccccc3)C2)s1.I. The molecule has 0 amide bonds. The van der Waals surface area contributed by atoms with Gasteiger partial charge in [0, 0.05) is 37.8 Å². The van der Waals surface area contributed by atoms with Crippen LogP contribution in [0.3, 0.4) is 0 Å². The number of guanidine groups is 1. The fourth-order valence-corrected chi connectivity index (χ4v) is 4.23. The Hall–Kier alpha value is -1.19. The van der Waals surface area contributed by atoms with E-state index in [1.165, 1.54) is 30.0 Å². The molecule has 28 heavy (non-hydrogen) atoms. The first-order chi connectivity index (χ1) is 13.3. The molecule has 2 N–H and O–H groups in total. The molecule has 0 saturated carbocycles. The molecule has 1 unspecified atom stereocenters. The first-order valence-corrected chi connectivity index (χ1v) is 10.7. The summed E-state index contributed by atoms with van der Waals surface area (Å²) >= 11 is 1.77. The van der Waals surface area contributed by atoms with Crippen molar-refractivity contribution >= 4 is 41.3 Å². The third kappa shape index (κ3) is 7.33. The fourth-order valence-electron chi connectivity index (χ4n) is 3.43. The van der Waals surface area contributed by atoms with Gasteiger partial charge in [-0.05, 0) is 37.3 Å². The van der Waals surface area contributed by atoms with Gasteiger partial charge >= 0.3 is 0 Å². The number of nitrogens with zero attached hydrogens (tertiary/aromatic N) is 3. The number of thiazole rings is 1. The van der Waals surface area contributed by atoms with Gasteiger partial charge in [-0.2, -0.15) is 0 Å². The highest BCUT2D eigenvalue weighted by Gasteiger charge is 2.22. The van der Waals surface area contributed by atoms with E-state index in [-0.39, 0.29) is 24.0 Å². The zero-order valence-electron chi connectivity index (χ0n) is 16.9. The summed E-state index contributed by atoms with van der Waals surface area (Å²) in [6.45, 7) is 7.39. The van der Waals surface area contributed by atoms with Crippen molar-refractivity contribution in [2.75, 3.05) is 33.2 Å². The quantitative estimate of drug-likeness (QED) is 0.322. The average molecular weight is 513 g/mol. The molecular weight excluding hydrogens is 481 g/mol. The molecule has 0 bridgehead atoms. The van der Waals surface area contributed by atoms with Gasteiger partial charge in [0.2, 0.25) is 0 Å². The molecule has 1 saturated heterocycles. The van der Waals surface area contributed by atoms with Crippen molar-refractivity contribution in [2.45, 2.75) is 32.7 Å². The van der Waals surface area contributed by atoms with E-state index in [1.807, 2.05) is 13.2 Å². The number of nitrogens with one attached hydrogen (secondary N) is 2. The molecule has 1 fully saturated rings. The highest BCUT2D eigenvalue weighted by atomic mass is 127. The lowest BCUT2D eigenvalue weighted by molar-refractivity contribution is 0.328. The van der Waals surface area contributed by atoms with Crippen molar-refractivity contribution in [1.29, 1.82) is 0 Å². The number of aromatic nitrogens is 1. The molecule has 2 heterocycles. The van der Waals surface area contributed by atoms with Gasteiger partial charge in [0.25, 0.3) is 0 Å². The van der Waals surface area contributed by atoms with Crippen LogP contribution in [0.5, 0.6) is 0 Å². The Morgan fingerprint density at radius 2 is 2.11 bits per heavy atom. The van der Waals surface area contributed by atoms with Crippen LogP contribution >= 0.6 is 35.3 Å². The molecular formula is C21H32IN5S. The maximum atomic E-state index is 4.45. The van der Waals surface area contributed by atoms with Gasteiger partial charge in [0.1, 0.15) is 5.01 Å². The standard InChI is InChI=1S/C21H31N5S.HI/c1-3-19-14-23-20(27-19)15-25-21(22-2)24-13-18-10-12-26(16-18)11-9-17-7-5-4-6-8-17;/h4-8,14,18H,3,9-13,15-16H2,1-2H3,(H2,22,24,25);1H. The molecule has 0 radical (unpaired) electrons. The first-order valence-electron chi connectivity index (χ1n) is 9.91. The largest absolute Gasteiger partial charge is 0.356 e. The predicted molar refractivity (Wildman–Crippen MR) is 130 cm³/mol. The number of halogens is 1. The first kappa shape index (κ1) is 23.1. The second kappa shape index (κ2) is 12.4. The maximum absolute atomic E-state index is 4.45. The molecule has 7 heteroatoms. The van der Waals surface area contributed by atoms with Crippen molar-refractivity contribution < 1.29 is 0 Å². The van der Waals surface area contributed by atoms with Gasteiger partial charge in [-0.3, -0.25) is 4.99 Å². The Morgan fingerprint density at radius 3 is 2.82 bits per heavy atom. The van der Waals surface area contributed by atoms with Gasteiger partial charge in [0.15, 0.2) is 5.96 Å².